The summed E-state index contributed by atoms with van der Waals surface area (Å²) in [5, 5.41) is 3.67. The number of aromatic nitrogens is 2. The Hall–Kier alpha value is -0.840. The van der Waals surface area contributed by atoms with Gasteiger partial charge < -0.3 is 0 Å². The first-order chi connectivity index (χ1) is 5.77. The van der Waals surface area contributed by atoms with E-state index in [0.29, 0.717) is 17.5 Å². The van der Waals surface area contributed by atoms with Crippen LogP contribution in [0.3, 0.4) is 0 Å². The fourth-order valence-electron chi connectivity index (χ4n) is 0.598. The Morgan fingerprint density at radius 2 is 2.25 bits per heavy atom. The van der Waals surface area contributed by atoms with Gasteiger partial charge in [-0.2, -0.15) is 9.19 Å². The summed E-state index contributed by atoms with van der Waals surface area (Å²) >= 11 is -0.0342. The predicted octanol–water partition coefficient (Wildman–Crippen LogP) is 2.41. The summed E-state index contributed by atoms with van der Waals surface area (Å²) in [7, 11) is 0. The number of rotatable bonds is 2. The van der Waals surface area contributed by atoms with Gasteiger partial charge in [0.25, 0.3) is 0 Å². The van der Waals surface area contributed by atoms with Crippen molar-refractivity contribution in [3.63, 3.8) is 0 Å². The van der Waals surface area contributed by atoms with Crippen molar-refractivity contribution < 1.29 is 8.68 Å². The van der Waals surface area contributed by atoms with Gasteiger partial charge in [-0.05, 0) is 6.92 Å². The third kappa shape index (κ3) is 2.65. The number of nitrogens with zero attached hydrogens (tertiary/aromatic N) is 2. The minimum Gasteiger partial charge on any atom is -0.298 e. The molecule has 0 radical (unpaired) electrons. The lowest BCUT2D eigenvalue weighted by molar-refractivity contribution is 0.112. The topological polar surface area (TPSA) is 34.9 Å². The maximum atomic E-state index is 11.8. The molecule has 12 heavy (non-hydrogen) atoms. The second-order valence-electron chi connectivity index (χ2n) is 1.76. The lowest BCUT2D eigenvalue weighted by Gasteiger charge is -1.82. The summed E-state index contributed by atoms with van der Waals surface area (Å²) in [5.74, 6) is 0. The van der Waals surface area contributed by atoms with Crippen LogP contribution < -0.4 is 0 Å². The average Bonchev–Trinajstić information content (AvgIpc) is 2.49. The Morgan fingerprint density at radius 1 is 1.67 bits per heavy atom. The maximum absolute atomic E-state index is 11.8. The highest BCUT2D eigenvalue weighted by Gasteiger charge is 2.02. The molecule has 0 aliphatic rings. The van der Waals surface area contributed by atoms with E-state index in [1.807, 2.05) is 13.8 Å². The van der Waals surface area contributed by atoms with Crippen molar-refractivity contribution in [3.05, 3.63) is 17.5 Å². The molecule has 1 aromatic heterocycles. The third-order valence-electron chi connectivity index (χ3n) is 1.11. The van der Waals surface area contributed by atoms with Gasteiger partial charge in [0.2, 0.25) is 0 Å². The summed E-state index contributed by atoms with van der Waals surface area (Å²) in [5.41, 5.74) is 0.963. The maximum Gasteiger partial charge on any atom is 0.187 e. The molecule has 3 nitrogen and oxygen atoms in total. The van der Waals surface area contributed by atoms with Crippen LogP contribution >= 0.6 is 12.3 Å². The van der Waals surface area contributed by atoms with E-state index in [1.54, 1.807) is 6.92 Å². The smallest absolute Gasteiger partial charge is 0.187 e. The minimum atomic E-state index is -0.0342. The third-order valence-corrected chi connectivity index (χ3v) is 1.44. The summed E-state index contributed by atoms with van der Waals surface area (Å²) in [4.78, 5) is 10.2. The van der Waals surface area contributed by atoms with Crippen molar-refractivity contribution in [1.29, 1.82) is 0 Å². The largest absolute Gasteiger partial charge is 0.298 e. The van der Waals surface area contributed by atoms with Crippen molar-refractivity contribution in [2.24, 2.45) is 0 Å². The quantitative estimate of drug-likeness (QED) is 0.672. The van der Waals surface area contributed by atoms with E-state index < -0.39 is 0 Å². The van der Waals surface area contributed by atoms with E-state index in [9.17, 15) is 8.68 Å². The van der Waals surface area contributed by atoms with Gasteiger partial charge in [-0.15, -0.1) is 3.89 Å². The van der Waals surface area contributed by atoms with E-state index >= 15 is 0 Å². The number of aryl methyl sites for hydroxylation is 1. The van der Waals surface area contributed by atoms with Gasteiger partial charge in [-0.3, -0.25) is 4.79 Å². The van der Waals surface area contributed by atoms with Crippen LogP contribution in [0.1, 0.15) is 29.9 Å². The molecule has 0 saturated heterocycles. The van der Waals surface area contributed by atoms with Gasteiger partial charge >= 0.3 is 0 Å². The van der Waals surface area contributed by atoms with Gasteiger partial charge in [0.05, 0.1) is 17.5 Å². The molecule has 1 heterocycles. The molecule has 0 atom stereocenters. The highest BCUT2D eigenvalue weighted by Crippen LogP contribution is 2.09. The Morgan fingerprint density at radius 3 is 2.50 bits per heavy atom. The molecule has 0 spiro atoms. The Bertz CT molecular complexity index is 250. The van der Waals surface area contributed by atoms with Crippen molar-refractivity contribution in [3.8, 4) is 0 Å². The van der Waals surface area contributed by atoms with Crippen molar-refractivity contribution in [2.45, 2.75) is 20.8 Å². The van der Waals surface area contributed by atoms with E-state index in [0.717, 1.165) is 4.09 Å². The summed E-state index contributed by atoms with van der Waals surface area (Å²) in [6.45, 7) is 5.65. The molecule has 68 valence electrons. The van der Waals surface area contributed by atoms with E-state index in [-0.39, 0.29) is 12.3 Å². The standard InChI is InChI=1S/C5H5FN2OS.C2H6/c1-4-5(3-9)2-8(7-4)10-6;1-2/h2-3H,1H3;1-2H3. The van der Waals surface area contributed by atoms with Crippen LogP contribution in [0.25, 0.3) is 0 Å². The molecule has 0 aliphatic heterocycles. The van der Waals surface area contributed by atoms with E-state index in [1.165, 1.54) is 6.20 Å². The molecule has 5 heteroatoms. The number of aldehydes is 1. The van der Waals surface area contributed by atoms with Gasteiger partial charge in [-0.1, -0.05) is 13.8 Å². The highest BCUT2D eigenvalue weighted by atomic mass is 32.2. The summed E-state index contributed by atoms with van der Waals surface area (Å²) in [6.07, 6.45) is 1.99. The molecule has 1 aromatic rings. The lowest BCUT2D eigenvalue weighted by atomic mass is 10.3. The van der Waals surface area contributed by atoms with Gasteiger partial charge in [0.1, 0.15) is 0 Å². The van der Waals surface area contributed by atoms with Crippen molar-refractivity contribution in [1.82, 2.24) is 9.19 Å². The van der Waals surface area contributed by atoms with Crippen LogP contribution in [0.2, 0.25) is 0 Å². The first-order valence-electron chi connectivity index (χ1n) is 3.58. The predicted molar refractivity (Wildman–Crippen MR) is 47.8 cm³/mol. The first kappa shape index (κ1) is 11.2. The summed E-state index contributed by atoms with van der Waals surface area (Å²) in [6, 6.07) is 0. The SMILES string of the molecule is CC.Cc1nn(SF)cc1C=O. The number of hydrogen-bond acceptors (Lipinski definition) is 3. The molecule has 1 rings (SSSR count). The van der Waals surface area contributed by atoms with Crippen LogP contribution in [-0.2, 0) is 0 Å². The van der Waals surface area contributed by atoms with Gasteiger partial charge in [-0.25, -0.2) is 0 Å². The first-order valence-corrected chi connectivity index (χ1v) is 4.26. The molecular weight excluding hydrogens is 179 g/mol. The zero-order valence-electron chi connectivity index (χ0n) is 7.24. The monoisotopic (exact) mass is 190 g/mol. The van der Waals surface area contributed by atoms with Gasteiger partial charge in [0.15, 0.2) is 18.6 Å². The molecule has 0 aromatic carbocycles. The molecular formula is C7H11FN2OS. The normalized spacial score (nSPS) is 8.67. The van der Waals surface area contributed by atoms with E-state index in [4.69, 9.17) is 0 Å². The van der Waals surface area contributed by atoms with Crippen molar-refractivity contribution >= 4 is 18.6 Å². The number of carbonyl (C=O) groups excluding carboxylic acids is 1. The lowest BCUT2D eigenvalue weighted by Crippen LogP contribution is -1.82. The molecule has 0 bridgehead atoms. The van der Waals surface area contributed by atoms with Crippen LogP contribution in [0, 0.1) is 6.92 Å². The minimum absolute atomic E-state index is 0.0342. The fraction of sp³-hybridized carbons (Fsp3) is 0.429. The zero-order chi connectivity index (χ0) is 9.56. The zero-order valence-corrected chi connectivity index (χ0v) is 8.06. The number of carbonyl (C=O) groups is 1. The second-order valence-corrected chi connectivity index (χ2v) is 2.27. The number of halogens is 1. The molecule has 0 fully saturated rings. The van der Waals surface area contributed by atoms with Crippen LogP contribution in [-0.4, -0.2) is 15.5 Å². The van der Waals surface area contributed by atoms with Crippen LogP contribution in [0.15, 0.2) is 6.20 Å². The van der Waals surface area contributed by atoms with E-state index in [2.05, 4.69) is 5.10 Å². The molecule has 0 saturated carbocycles. The Labute approximate surface area is 75.4 Å². The molecule has 0 aliphatic carbocycles. The Balaban J connectivity index is 0.000000561. The molecule has 0 amide bonds. The van der Waals surface area contributed by atoms with Crippen LogP contribution in [0.5, 0.6) is 0 Å². The number of hydrogen-bond donors (Lipinski definition) is 0. The summed E-state index contributed by atoms with van der Waals surface area (Å²) < 4.78 is 12.8. The second kappa shape index (κ2) is 5.77. The fourth-order valence-corrected chi connectivity index (χ4v) is 0.905. The average molecular weight is 190 g/mol. The molecule has 0 N–H and O–H groups in total. The molecule has 0 unspecified atom stereocenters. The van der Waals surface area contributed by atoms with Crippen molar-refractivity contribution in [2.75, 3.05) is 0 Å². The Kier molecular flexibility index (Phi) is 5.36. The highest BCUT2D eigenvalue weighted by molar-refractivity contribution is 7.92. The van der Waals surface area contributed by atoms with Gasteiger partial charge in [0, 0.05) is 0 Å². The van der Waals surface area contributed by atoms with Crippen LogP contribution in [0.4, 0.5) is 3.89 Å².